The van der Waals surface area contributed by atoms with Gasteiger partial charge in [-0.1, -0.05) is 12.8 Å². The number of hydrogen-bond donors (Lipinski definition) is 3. The number of carboxylic acids is 1. The maximum Gasteiger partial charge on any atom is 0.315 e. The number of urea groups is 1. The average Bonchev–Trinajstić information content (AvgIpc) is 3.04. The highest BCUT2D eigenvalue weighted by Crippen LogP contribution is 2.48. The molecule has 2 amide bonds. The Morgan fingerprint density at radius 2 is 1.80 bits per heavy atom. The highest BCUT2D eigenvalue weighted by atomic mass is 16.4. The van der Waals surface area contributed by atoms with E-state index in [4.69, 9.17) is 0 Å². The fourth-order valence-corrected chi connectivity index (χ4v) is 4.60. The van der Waals surface area contributed by atoms with Crippen molar-refractivity contribution in [1.82, 2.24) is 10.6 Å². The Labute approximate surface area is 119 Å². The van der Waals surface area contributed by atoms with Crippen LogP contribution in [-0.4, -0.2) is 28.7 Å². The summed E-state index contributed by atoms with van der Waals surface area (Å²) in [5, 5.41) is 15.4. The van der Waals surface area contributed by atoms with Gasteiger partial charge in [-0.05, 0) is 50.9 Å². The largest absolute Gasteiger partial charge is 0.481 e. The molecule has 4 atom stereocenters. The van der Waals surface area contributed by atoms with E-state index in [1.807, 2.05) is 0 Å². The summed E-state index contributed by atoms with van der Waals surface area (Å²) in [4.78, 5) is 23.6. The molecule has 0 aromatic carbocycles. The van der Waals surface area contributed by atoms with Crippen LogP contribution in [0, 0.1) is 17.8 Å². The van der Waals surface area contributed by atoms with Crippen molar-refractivity contribution in [2.45, 2.75) is 63.5 Å². The van der Waals surface area contributed by atoms with E-state index in [1.165, 1.54) is 0 Å². The second-order valence-corrected chi connectivity index (χ2v) is 7.09. The van der Waals surface area contributed by atoms with Gasteiger partial charge in [0, 0.05) is 11.6 Å². The molecule has 3 rings (SSSR count). The second-order valence-electron chi connectivity index (χ2n) is 7.09. The standard InChI is InChI=1S/C15H24N2O3/c1-15(6-2-3-7-15)17-14(20)16-12-10-5-4-9(8-10)11(12)13(18)19/h9-12H,2-8H2,1H3,(H,18,19)(H2,16,17,20). The zero-order valence-electron chi connectivity index (χ0n) is 12.0. The van der Waals surface area contributed by atoms with Crippen molar-refractivity contribution in [1.29, 1.82) is 0 Å². The molecule has 0 spiro atoms. The molecular weight excluding hydrogens is 256 g/mol. The third-order valence-corrected chi connectivity index (χ3v) is 5.62. The van der Waals surface area contributed by atoms with Crippen LogP contribution in [-0.2, 0) is 4.79 Å². The molecule has 0 heterocycles. The first-order chi connectivity index (χ1) is 9.48. The van der Waals surface area contributed by atoms with Crippen molar-refractivity contribution in [2.75, 3.05) is 0 Å². The van der Waals surface area contributed by atoms with Crippen LogP contribution in [0.1, 0.15) is 51.9 Å². The molecule has 3 N–H and O–H groups in total. The molecule has 0 aromatic rings. The molecule has 0 aromatic heterocycles. The number of hydrogen-bond acceptors (Lipinski definition) is 2. The Morgan fingerprint density at radius 3 is 2.45 bits per heavy atom. The summed E-state index contributed by atoms with van der Waals surface area (Å²) in [5.41, 5.74) is -0.111. The van der Waals surface area contributed by atoms with Gasteiger partial charge in [-0.15, -0.1) is 0 Å². The monoisotopic (exact) mass is 280 g/mol. The van der Waals surface area contributed by atoms with E-state index < -0.39 is 11.9 Å². The van der Waals surface area contributed by atoms with Crippen molar-refractivity contribution in [3.8, 4) is 0 Å². The normalized spacial score (nSPS) is 37.9. The fraction of sp³-hybridized carbons (Fsp3) is 0.867. The van der Waals surface area contributed by atoms with Crippen LogP contribution in [0.15, 0.2) is 0 Å². The van der Waals surface area contributed by atoms with Crippen LogP contribution >= 0.6 is 0 Å². The number of aliphatic carboxylic acids is 1. The van der Waals surface area contributed by atoms with Gasteiger partial charge in [0.2, 0.25) is 0 Å². The van der Waals surface area contributed by atoms with Gasteiger partial charge < -0.3 is 15.7 Å². The Balaban J connectivity index is 1.62. The predicted molar refractivity (Wildman–Crippen MR) is 74.3 cm³/mol. The van der Waals surface area contributed by atoms with Crippen LogP contribution in [0.3, 0.4) is 0 Å². The number of nitrogens with one attached hydrogen (secondary N) is 2. The van der Waals surface area contributed by atoms with Gasteiger partial charge in [-0.25, -0.2) is 4.79 Å². The van der Waals surface area contributed by atoms with Crippen LogP contribution in [0.4, 0.5) is 4.79 Å². The van der Waals surface area contributed by atoms with Crippen LogP contribution in [0.5, 0.6) is 0 Å². The first kappa shape index (κ1) is 13.7. The lowest BCUT2D eigenvalue weighted by Crippen LogP contribution is -2.54. The third-order valence-electron chi connectivity index (χ3n) is 5.62. The summed E-state index contributed by atoms with van der Waals surface area (Å²) >= 11 is 0. The summed E-state index contributed by atoms with van der Waals surface area (Å²) in [6.45, 7) is 2.08. The summed E-state index contributed by atoms with van der Waals surface area (Å²) in [7, 11) is 0. The molecule has 20 heavy (non-hydrogen) atoms. The molecule has 0 radical (unpaired) electrons. The summed E-state index contributed by atoms with van der Waals surface area (Å²) in [6.07, 6.45) is 7.35. The number of rotatable bonds is 3. The molecule has 5 heteroatoms. The SMILES string of the molecule is CC1(NC(=O)NC2C3CCC(C3)C2C(=O)O)CCCC1. The van der Waals surface area contributed by atoms with Crippen molar-refractivity contribution < 1.29 is 14.7 Å². The lowest BCUT2D eigenvalue weighted by molar-refractivity contribution is -0.144. The molecule has 0 saturated heterocycles. The molecule has 0 aliphatic heterocycles. The van der Waals surface area contributed by atoms with E-state index in [2.05, 4.69) is 17.6 Å². The minimum atomic E-state index is -0.755. The Kier molecular flexibility index (Phi) is 3.38. The Bertz CT molecular complexity index is 417. The van der Waals surface area contributed by atoms with Crippen LogP contribution < -0.4 is 10.6 Å². The molecule has 4 unspecified atom stereocenters. The van der Waals surface area contributed by atoms with Crippen LogP contribution in [0.25, 0.3) is 0 Å². The maximum atomic E-state index is 12.2. The zero-order chi connectivity index (χ0) is 14.3. The average molecular weight is 280 g/mol. The third kappa shape index (κ3) is 2.38. The van der Waals surface area contributed by atoms with E-state index in [0.717, 1.165) is 44.9 Å². The zero-order valence-corrected chi connectivity index (χ0v) is 12.0. The van der Waals surface area contributed by atoms with Gasteiger partial charge >= 0.3 is 12.0 Å². The number of fused-ring (bicyclic) bond motifs is 2. The Hall–Kier alpha value is -1.26. The number of amides is 2. The highest BCUT2D eigenvalue weighted by molar-refractivity contribution is 5.78. The lowest BCUT2D eigenvalue weighted by atomic mass is 9.84. The minimum Gasteiger partial charge on any atom is -0.481 e. The van der Waals surface area contributed by atoms with Gasteiger partial charge in [-0.2, -0.15) is 0 Å². The molecule has 3 aliphatic rings. The maximum absolute atomic E-state index is 12.2. The van der Waals surface area contributed by atoms with Crippen molar-refractivity contribution >= 4 is 12.0 Å². The fourth-order valence-electron chi connectivity index (χ4n) is 4.60. The van der Waals surface area contributed by atoms with E-state index in [0.29, 0.717) is 5.92 Å². The molecular formula is C15H24N2O3. The van der Waals surface area contributed by atoms with Gasteiger partial charge in [0.05, 0.1) is 5.92 Å². The van der Waals surface area contributed by atoms with Crippen molar-refractivity contribution in [3.63, 3.8) is 0 Å². The van der Waals surface area contributed by atoms with E-state index in [-0.39, 0.29) is 23.5 Å². The first-order valence-corrected chi connectivity index (χ1v) is 7.80. The van der Waals surface area contributed by atoms with Gasteiger partial charge in [0.25, 0.3) is 0 Å². The number of carbonyl (C=O) groups excluding carboxylic acids is 1. The van der Waals surface area contributed by atoms with Gasteiger partial charge in [0.15, 0.2) is 0 Å². The quantitative estimate of drug-likeness (QED) is 0.741. The van der Waals surface area contributed by atoms with Crippen LogP contribution in [0.2, 0.25) is 0 Å². The summed E-state index contributed by atoms with van der Waals surface area (Å²) < 4.78 is 0. The highest BCUT2D eigenvalue weighted by Gasteiger charge is 2.51. The Morgan fingerprint density at radius 1 is 1.15 bits per heavy atom. The smallest absolute Gasteiger partial charge is 0.315 e. The molecule has 112 valence electrons. The second kappa shape index (κ2) is 4.93. The molecule has 3 saturated carbocycles. The summed E-state index contributed by atoms with van der Waals surface area (Å²) in [5.74, 6) is -0.543. The van der Waals surface area contributed by atoms with E-state index in [1.54, 1.807) is 0 Å². The molecule has 5 nitrogen and oxygen atoms in total. The number of carbonyl (C=O) groups is 2. The predicted octanol–water partition coefficient (Wildman–Crippen LogP) is 2.12. The topological polar surface area (TPSA) is 78.4 Å². The van der Waals surface area contributed by atoms with E-state index in [9.17, 15) is 14.7 Å². The molecule has 3 aliphatic carbocycles. The van der Waals surface area contributed by atoms with E-state index >= 15 is 0 Å². The van der Waals surface area contributed by atoms with Gasteiger partial charge in [-0.3, -0.25) is 4.79 Å². The first-order valence-electron chi connectivity index (χ1n) is 7.80. The molecule has 3 fully saturated rings. The minimum absolute atomic E-state index is 0.111. The number of carboxylic acid groups (broad SMARTS) is 1. The van der Waals surface area contributed by atoms with Gasteiger partial charge in [0.1, 0.15) is 0 Å². The lowest BCUT2D eigenvalue weighted by Gasteiger charge is -2.31. The van der Waals surface area contributed by atoms with Crippen molar-refractivity contribution in [2.24, 2.45) is 17.8 Å². The van der Waals surface area contributed by atoms with Crippen molar-refractivity contribution in [3.05, 3.63) is 0 Å². The molecule has 2 bridgehead atoms. The summed E-state index contributed by atoms with van der Waals surface area (Å²) in [6, 6.07) is -0.366.